The molecule has 1 unspecified atom stereocenters. The summed E-state index contributed by atoms with van der Waals surface area (Å²) in [4.78, 5) is 3.89. The van der Waals surface area contributed by atoms with E-state index in [4.69, 9.17) is 10.8 Å². The van der Waals surface area contributed by atoms with E-state index in [2.05, 4.69) is 4.98 Å². The Hall–Kier alpha value is -0.350. The highest BCUT2D eigenvalue weighted by atomic mass is 35.5. The highest BCUT2D eigenvalue weighted by Gasteiger charge is 2.08. The van der Waals surface area contributed by atoms with E-state index in [0.29, 0.717) is 6.42 Å². The van der Waals surface area contributed by atoms with Crippen LogP contribution in [0.2, 0.25) is 0 Å². The smallest absolute Gasteiger partial charge is 0.0666 e. The van der Waals surface area contributed by atoms with Gasteiger partial charge in [-0.25, -0.2) is 0 Å². The second-order valence-corrected chi connectivity index (χ2v) is 2.96. The van der Waals surface area contributed by atoms with Crippen LogP contribution in [0.25, 0.3) is 0 Å². The summed E-state index contributed by atoms with van der Waals surface area (Å²) in [6.07, 6.45) is 3.69. The molecule has 0 aliphatic rings. The van der Waals surface area contributed by atoms with E-state index >= 15 is 0 Å². The minimum absolute atomic E-state index is 0. The average Bonchev–Trinajstić information content (AvgIpc) is 2.06. The van der Waals surface area contributed by atoms with Crippen molar-refractivity contribution in [3.05, 3.63) is 30.1 Å². The Morgan fingerprint density at radius 1 is 1.36 bits per heavy atom. The standard InChI is InChI=1S/C9H14N2O.2ClH/c1-7(12)9(10)6-8-2-4-11-5-3-8;;/h2-5,7,9,12H,6,10H2,1H3;2*1H/t7?,9-;;/m1../s1. The van der Waals surface area contributed by atoms with Gasteiger partial charge in [-0.3, -0.25) is 4.98 Å². The first-order valence-corrected chi connectivity index (χ1v) is 4.02. The molecule has 0 aromatic carbocycles. The van der Waals surface area contributed by atoms with Crippen LogP contribution >= 0.6 is 24.8 Å². The van der Waals surface area contributed by atoms with E-state index in [1.807, 2.05) is 12.1 Å². The number of aromatic nitrogens is 1. The first-order chi connectivity index (χ1) is 5.70. The molecule has 0 saturated heterocycles. The number of rotatable bonds is 3. The van der Waals surface area contributed by atoms with Crippen LogP contribution in [0, 0.1) is 0 Å². The van der Waals surface area contributed by atoms with Crippen molar-refractivity contribution in [3.8, 4) is 0 Å². The van der Waals surface area contributed by atoms with Gasteiger partial charge < -0.3 is 10.8 Å². The molecule has 0 spiro atoms. The van der Waals surface area contributed by atoms with Gasteiger partial charge in [-0.2, -0.15) is 0 Å². The lowest BCUT2D eigenvalue weighted by molar-refractivity contribution is 0.163. The summed E-state index contributed by atoms with van der Waals surface area (Å²) >= 11 is 0. The summed E-state index contributed by atoms with van der Waals surface area (Å²) in [6.45, 7) is 1.70. The highest BCUT2D eigenvalue weighted by Crippen LogP contribution is 2.02. The van der Waals surface area contributed by atoms with Gasteiger partial charge in [0.15, 0.2) is 0 Å². The summed E-state index contributed by atoms with van der Waals surface area (Å²) in [7, 11) is 0. The van der Waals surface area contributed by atoms with E-state index < -0.39 is 6.10 Å². The average molecular weight is 239 g/mol. The predicted octanol–water partition coefficient (Wildman–Crippen LogP) is 1.18. The summed E-state index contributed by atoms with van der Waals surface area (Å²) in [6, 6.07) is 3.62. The van der Waals surface area contributed by atoms with Crippen molar-refractivity contribution in [3.63, 3.8) is 0 Å². The molecule has 3 N–H and O–H groups in total. The summed E-state index contributed by atoms with van der Waals surface area (Å²) in [5, 5.41) is 9.14. The van der Waals surface area contributed by atoms with Gasteiger partial charge in [0.25, 0.3) is 0 Å². The number of pyridine rings is 1. The third kappa shape index (κ3) is 5.40. The first kappa shape index (κ1) is 16.1. The lowest BCUT2D eigenvalue weighted by atomic mass is 10.0. The van der Waals surface area contributed by atoms with Crippen LogP contribution in [0.3, 0.4) is 0 Å². The number of aliphatic hydroxyl groups is 1. The van der Waals surface area contributed by atoms with E-state index in [0.717, 1.165) is 5.56 Å². The fraction of sp³-hybridized carbons (Fsp3) is 0.444. The molecule has 0 aliphatic carbocycles. The largest absolute Gasteiger partial charge is 0.392 e. The molecule has 14 heavy (non-hydrogen) atoms. The van der Waals surface area contributed by atoms with Gasteiger partial charge in [0.2, 0.25) is 0 Å². The van der Waals surface area contributed by atoms with Crippen molar-refractivity contribution in [1.82, 2.24) is 4.98 Å². The highest BCUT2D eigenvalue weighted by molar-refractivity contribution is 5.85. The topological polar surface area (TPSA) is 59.1 Å². The van der Waals surface area contributed by atoms with Crippen LogP contribution in [0.15, 0.2) is 24.5 Å². The minimum Gasteiger partial charge on any atom is -0.392 e. The monoisotopic (exact) mass is 238 g/mol. The fourth-order valence-corrected chi connectivity index (χ4v) is 0.962. The second-order valence-electron chi connectivity index (χ2n) is 2.96. The van der Waals surface area contributed by atoms with Crippen LogP contribution < -0.4 is 5.73 Å². The molecule has 0 radical (unpaired) electrons. The van der Waals surface area contributed by atoms with Gasteiger partial charge in [0.1, 0.15) is 0 Å². The Morgan fingerprint density at radius 3 is 2.29 bits per heavy atom. The molecule has 1 heterocycles. The van der Waals surface area contributed by atoms with Crippen molar-refractivity contribution >= 4 is 24.8 Å². The Kier molecular flexibility index (Phi) is 9.20. The summed E-state index contributed by atoms with van der Waals surface area (Å²) in [5.74, 6) is 0. The molecule has 2 atom stereocenters. The van der Waals surface area contributed by atoms with Crippen molar-refractivity contribution in [1.29, 1.82) is 0 Å². The zero-order valence-electron chi connectivity index (χ0n) is 7.96. The molecule has 1 rings (SSSR count). The van der Waals surface area contributed by atoms with Gasteiger partial charge in [0, 0.05) is 18.4 Å². The number of nitrogens with two attached hydrogens (primary N) is 1. The molecule has 1 aromatic heterocycles. The molecule has 0 bridgehead atoms. The minimum atomic E-state index is -0.460. The quantitative estimate of drug-likeness (QED) is 0.832. The second kappa shape index (κ2) is 8.00. The van der Waals surface area contributed by atoms with Crippen LogP contribution in [0.5, 0.6) is 0 Å². The SMILES string of the molecule is CC(O)[C@H](N)Cc1ccncc1.Cl.Cl. The van der Waals surface area contributed by atoms with Crippen molar-refractivity contribution < 1.29 is 5.11 Å². The third-order valence-electron chi connectivity index (χ3n) is 1.84. The molecule has 0 fully saturated rings. The predicted molar refractivity (Wildman–Crippen MR) is 62.1 cm³/mol. The molecule has 0 aliphatic heterocycles. The Morgan fingerprint density at radius 2 is 1.86 bits per heavy atom. The molecular formula is C9H16Cl2N2O. The van der Waals surface area contributed by atoms with Crippen LogP contribution in [-0.2, 0) is 6.42 Å². The van der Waals surface area contributed by atoms with Gasteiger partial charge in [-0.05, 0) is 31.0 Å². The maximum Gasteiger partial charge on any atom is 0.0666 e. The molecule has 5 heteroatoms. The molecular weight excluding hydrogens is 223 g/mol. The van der Waals surface area contributed by atoms with E-state index in [1.54, 1.807) is 19.3 Å². The van der Waals surface area contributed by atoms with Crippen LogP contribution in [0.1, 0.15) is 12.5 Å². The van der Waals surface area contributed by atoms with Gasteiger partial charge in [-0.1, -0.05) is 0 Å². The number of aliphatic hydroxyl groups excluding tert-OH is 1. The van der Waals surface area contributed by atoms with Crippen molar-refractivity contribution in [2.75, 3.05) is 0 Å². The summed E-state index contributed by atoms with van der Waals surface area (Å²) < 4.78 is 0. The molecule has 3 nitrogen and oxygen atoms in total. The normalized spacial score (nSPS) is 13.4. The van der Waals surface area contributed by atoms with E-state index in [-0.39, 0.29) is 30.9 Å². The zero-order valence-corrected chi connectivity index (χ0v) is 9.59. The Balaban J connectivity index is 0. The number of hydrogen-bond donors (Lipinski definition) is 2. The van der Waals surface area contributed by atoms with Crippen LogP contribution in [-0.4, -0.2) is 22.2 Å². The first-order valence-electron chi connectivity index (χ1n) is 4.02. The van der Waals surface area contributed by atoms with E-state index in [1.165, 1.54) is 0 Å². The van der Waals surface area contributed by atoms with E-state index in [9.17, 15) is 0 Å². The maximum atomic E-state index is 9.14. The van der Waals surface area contributed by atoms with Gasteiger partial charge in [-0.15, -0.1) is 24.8 Å². The van der Waals surface area contributed by atoms with Crippen molar-refractivity contribution in [2.45, 2.75) is 25.5 Å². The Labute approximate surface area is 96.6 Å². The van der Waals surface area contributed by atoms with Crippen LogP contribution in [0.4, 0.5) is 0 Å². The Bertz CT molecular complexity index is 232. The number of nitrogens with zero attached hydrogens (tertiary/aromatic N) is 1. The van der Waals surface area contributed by atoms with Crippen molar-refractivity contribution in [2.24, 2.45) is 5.73 Å². The summed E-state index contributed by atoms with van der Waals surface area (Å²) in [5.41, 5.74) is 6.79. The zero-order chi connectivity index (χ0) is 8.97. The molecule has 0 amide bonds. The third-order valence-corrected chi connectivity index (χ3v) is 1.84. The fourth-order valence-electron chi connectivity index (χ4n) is 0.962. The molecule has 1 aromatic rings. The number of hydrogen-bond acceptors (Lipinski definition) is 3. The van der Waals surface area contributed by atoms with Gasteiger partial charge in [0.05, 0.1) is 6.10 Å². The number of halogens is 2. The lowest BCUT2D eigenvalue weighted by Gasteiger charge is -2.13. The maximum absolute atomic E-state index is 9.14. The van der Waals surface area contributed by atoms with Gasteiger partial charge >= 0.3 is 0 Å². The molecule has 82 valence electrons. The molecule has 0 saturated carbocycles. The lowest BCUT2D eigenvalue weighted by Crippen LogP contribution is -2.34.